The largest absolute Gasteiger partial charge is 0.467 e. The van der Waals surface area contributed by atoms with Crippen LogP contribution in [0.5, 0.6) is 6.01 Å². The number of ether oxygens (including phenoxy) is 2. The molecule has 1 aromatic rings. The molecule has 15 heteroatoms. The van der Waals surface area contributed by atoms with Crippen LogP contribution in [0.4, 0.5) is 16.4 Å². The summed E-state index contributed by atoms with van der Waals surface area (Å²) >= 11 is 1.39. The van der Waals surface area contributed by atoms with Crippen LogP contribution in [0.25, 0.3) is 0 Å². The van der Waals surface area contributed by atoms with E-state index >= 15 is 0 Å². The Morgan fingerprint density at radius 1 is 1.02 bits per heavy atom. The zero-order chi connectivity index (χ0) is 35.6. The van der Waals surface area contributed by atoms with Gasteiger partial charge in [0.05, 0.1) is 20.3 Å². The fraction of sp³-hybridized carbons (Fsp3) is 0.714. The molecule has 0 aromatic carbocycles. The number of rotatable bonds is 12. The Morgan fingerprint density at radius 2 is 1.70 bits per heavy atom. The topological polar surface area (TPSA) is 158 Å². The van der Waals surface area contributed by atoms with E-state index in [1.54, 1.807) is 6.08 Å². The van der Waals surface area contributed by atoms with E-state index in [1.165, 1.54) is 24.0 Å². The van der Waals surface area contributed by atoms with Crippen molar-refractivity contribution in [3.05, 3.63) is 18.7 Å². The number of methoxy groups -OCH3 is 1. The summed E-state index contributed by atoms with van der Waals surface area (Å²) in [4.78, 5) is 70.3. The van der Waals surface area contributed by atoms with Gasteiger partial charge in [0.2, 0.25) is 11.8 Å². The second-order valence-corrected chi connectivity index (χ2v) is 16.4. The zero-order valence-corrected chi connectivity index (χ0v) is 30.6. The first kappa shape index (κ1) is 36.1. The number of aromatic nitrogens is 2. The van der Waals surface area contributed by atoms with Gasteiger partial charge in [-0.25, -0.2) is 4.79 Å². The molecule has 3 heterocycles. The van der Waals surface area contributed by atoms with E-state index < -0.39 is 40.9 Å². The number of anilines is 2. The summed E-state index contributed by atoms with van der Waals surface area (Å²) in [6.45, 7) is 11.3. The molecular formula is C35H52N8O6S. The Morgan fingerprint density at radius 3 is 2.30 bits per heavy atom. The van der Waals surface area contributed by atoms with Crippen molar-refractivity contribution in [3.63, 3.8) is 0 Å². The molecule has 0 radical (unpaired) electrons. The Kier molecular flexibility index (Phi) is 10.7. The zero-order valence-electron chi connectivity index (χ0n) is 29.7. The molecule has 0 spiro atoms. The van der Waals surface area contributed by atoms with Gasteiger partial charge in [-0.15, -0.1) is 6.58 Å². The van der Waals surface area contributed by atoms with Crippen LogP contribution in [0.2, 0.25) is 0 Å². The number of hydrogen-bond acceptors (Lipinski definition) is 11. The second-order valence-electron chi connectivity index (χ2n) is 15.3. The molecule has 274 valence electrons. The first-order valence-corrected chi connectivity index (χ1v) is 18.9. The fourth-order valence-electron chi connectivity index (χ4n) is 7.08. The molecular weight excluding hydrogens is 661 g/mol. The van der Waals surface area contributed by atoms with Crippen LogP contribution < -0.4 is 29.9 Å². The third kappa shape index (κ3) is 8.07. The summed E-state index contributed by atoms with van der Waals surface area (Å²) in [5.41, 5.74) is -1.86. The van der Waals surface area contributed by atoms with Crippen LogP contribution in [0.1, 0.15) is 85.0 Å². The summed E-state index contributed by atoms with van der Waals surface area (Å²) in [6, 6.07) is 0.0672. The van der Waals surface area contributed by atoms with Crippen LogP contribution in [-0.4, -0.2) is 101 Å². The van der Waals surface area contributed by atoms with Crippen LogP contribution in [0.15, 0.2) is 18.7 Å². The van der Waals surface area contributed by atoms with Crippen molar-refractivity contribution >= 4 is 47.4 Å². The molecule has 3 aliphatic carbocycles. The lowest BCUT2D eigenvalue weighted by Gasteiger charge is -2.35. The van der Waals surface area contributed by atoms with Crippen LogP contribution in [0.3, 0.4) is 0 Å². The third-order valence-corrected chi connectivity index (χ3v) is 11.5. The van der Waals surface area contributed by atoms with E-state index in [0.29, 0.717) is 17.5 Å². The lowest BCUT2D eigenvalue weighted by atomic mass is 9.85. The maximum atomic E-state index is 14.6. The molecule has 4 amide bonds. The molecule has 3 saturated carbocycles. The second kappa shape index (κ2) is 14.8. The van der Waals surface area contributed by atoms with Crippen molar-refractivity contribution in [1.29, 1.82) is 0 Å². The number of carbonyl (C=O) groups is 4. The molecule has 6 rings (SSSR count). The maximum absolute atomic E-state index is 14.6. The number of nitrogens with one attached hydrogen (secondary N) is 3. The van der Waals surface area contributed by atoms with Crippen molar-refractivity contribution in [2.24, 2.45) is 11.3 Å². The van der Waals surface area contributed by atoms with Gasteiger partial charge in [-0.1, -0.05) is 26.8 Å². The van der Waals surface area contributed by atoms with Gasteiger partial charge in [0, 0.05) is 30.3 Å². The highest BCUT2D eigenvalue weighted by Crippen LogP contribution is 2.46. The van der Waals surface area contributed by atoms with Gasteiger partial charge in [-0.05, 0) is 81.6 Å². The minimum atomic E-state index is -1.14. The Labute approximate surface area is 299 Å². The van der Waals surface area contributed by atoms with Crippen molar-refractivity contribution in [2.45, 2.75) is 114 Å². The molecule has 0 unspecified atom stereocenters. The molecule has 14 nitrogen and oxygen atoms in total. The number of hydrogen-bond donors (Lipinski definition) is 3. The lowest BCUT2D eigenvalue weighted by Crippen LogP contribution is -2.60. The molecule has 5 aliphatic rings. The van der Waals surface area contributed by atoms with E-state index in [2.05, 4.69) is 36.8 Å². The van der Waals surface area contributed by atoms with Gasteiger partial charge in [0.15, 0.2) is 0 Å². The van der Waals surface area contributed by atoms with Crippen molar-refractivity contribution in [3.8, 4) is 6.01 Å². The first-order valence-electron chi connectivity index (χ1n) is 18.0. The van der Waals surface area contributed by atoms with E-state index in [0.717, 1.165) is 76.7 Å². The van der Waals surface area contributed by atoms with Gasteiger partial charge in [0.25, 0.3) is 5.91 Å². The molecule has 3 N–H and O–H groups in total. The summed E-state index contributed by atoms with van der Waals surface area (Å²) in [5, 5.41) is 6.26. The molecule has 2 saturated heterocycles. The maximum Gasteiger partial charge on any atom is 0.408 e. The predicted octanol–water partition coefficient (Wildman–Crippen LogP) is 3.52. The van der Waals surface area contributed by atoms with Gasteiger partial charge in [-0.3, -0.25) is 19.1 Å². The van der Waals surface area contributed by atoms with E-state index in [1.807, 2.05) is 31.7 Å². The van der Waals surface area contributed by atoms with Gasteiger partial charge >= 0.3 is 12.1 Å². The predicted molar refractivity (Wildman–Crippen MR) is 191 cm³/mol. The molecule has 2 aliphatic heterocycles. The summed E-state index contributed by atoms with van der Waals surface area (Å²) in [7, 11) is 1.51. The Hall–Kier alpha value is -3.75. The van der Waals surface area contributed by atoms with E-state index in [4.69, 9.17) is 9.47 Å². The molecule has 0 bridgehead atoms. The number of amides is 4. The quantitative estimate of drug-likeness (QED) is 0.215. The summed E-state index contributed by atoms with van der Waals surface area (Å²) in [6.07, 6.45) is 10.3. The molecule has 1 aromatic heterocycles. The standard InChI is InChI=1S/C35H52N8O6S/c1-6-22-19-35(22,31(46)40-50-24-14-15-24)39-29(44)25-20-42(27-18-26(36-32(37-27)48-5)41-16-10-7-11-17-41)21-43(25)30(45)28(34(2,3)4)38-33(47)49-23-12-8-9-13-23/h6,18,22-25,28H,1,7-17,19-21H2,2-5H3,(H,38,47)(H,39,44)(H,40,46)/t22-,25+,28-,35-/m1/s1. The van der Waals surface area contributed by atoms with Gasteiger partial charge < -0.3 is 34.8 Å². The average Bonchev–Trinajstić information content (AvgIpc) is 3.95. The highest BCUT2D eigenvalue weighted by molar-refractivity contribution is 7.98. The van der Waals surface area contributed by atoms with Crippen molar-refractivity contribution in [2.75, 3.05) is 43.2 Å². The molecule has 5 fully saturated rings. The number of carbonyl (C=O) groups excluding carboxylic acids is 4. The highest BCUT2D eigenvalue weighted by atomic mass is 32.2. The van der Waals surface area contributed by atoms with Crippen molar-refractivity contribution in [1.82, 2.24) is 30.2 Å². The smallest absolute Gasteiger partial charge is 0.408 e. The first-order chi connectivity index (χ1) is 23.9. The minimum absolute atomic E-state index is 0.0179. The van der Waals surface area contributed by atoms with Crippen molar-refractivity contribution < 1.29 is 28.7 Å². The van der Waals surface area contributed by atoms with Crippen LogP contribution in [-0.2, 0) is 19.1 Å². The Balaban J connectivity index is 1.28. The highest BCUT2D eigenvalue weighted by Gasteiger charge is 2.61. The number of nitrogens with zero attached hydrogens (tertiary/aromatic N) is 5. The normalized spacial score (nSPS) is 25.9. The van der Waals surface area contributed by atoms with E-state index in [-0.39, 0.29) is 37.2 Å². The van der Waals surface area contributed by atoms with Gasteiger partial charge in [-0.2, -0.15) is 9.97 Å². The number of piperidine rings is 1. The minimum Gasteiger partial charge on any atom is -0.467 e. The van der Waals surface area contributed by atoms with E-state index in [9.17, 15) is 19.2 Å². The SMILES string of the molecule is C=C[C@@H]1C[C@]1(NC(=O)[C@@H]1CN(c2cc(N3CCCCC3)nc(OC)n2)CN1C(=O)[C@@H](NC(=O)OC1CCCC1)C(C)(C)C)C(=O)NSC1CC1. The summed E-state index contributed by atoms with van der Waals surface area (Å²) < 4.78 is 14.1. The summed E-state index contributed by atoms with van der Waals surface area (Å²) in [5.74, 6) is -0.168. The Bertz CT molecular complexity index is 1460. The van der Waals surface area contributed by atoms with Crippen LogP contribution in [0, 0.1) is 11.3 Å². The average molecular weight is 713 g/mol. The van der Waals surface area contributed by atoms with Crippen LogP contribution >= 0.6 is 11.9 Å². The van der Waals surface area contributed by atoms with Gasteiger partial charge in [0.1, 0.15) is 35.4 Å². The monoisotopic (exact) mass is 712 g/mol. The molecule has 4 atom stereocenters. The third-order valence-electron chi connectivity index (χ3n) is 10.4. The lowest BCUT2D eigenvalue weighted by molar-refractivity contribution is -0.142. The molecule has 50 heavy (non-hydrogen) atoms. The number of alkyl carbamates (subject to hydrolysis) is 1. The fourth-order valence-corrected chi connectivity index (χ4v) is 7.90.